The molecule has 2 aromatic rings. The molecule has 0 amide bonds. The van der Waals surface area contributed by atoms with Gasteiger partial charge in [0.05, 0.1) is 12.5 Å². The normalized spacial score (nSPS) is 11.9. The van der Waals surface area contributed by atoms with Crippen LogP contribution >= 0.6 is 0 Å². The SMILES string of the molecule is Cc1cc(-c2ccc(CC#N)cc2)ccc1C(C)F. The van der Waals surface area contributed by atoms with Crippen molar-refractivity contribution in [1.82, 2.24) is 0 Å². The summed E-state index contributed by atoms with van der Waals surface area (Å²) in [5, 5.41) is 8.64. The van der Waals surface area contributed by atoms with Crippen molar-refractivity contribution in [2.75, 3.05) is 0 Å². The summed E-state index contributed by atoms with van der Waals surface area (Å²) in [7, 11) is 0. The van der Waals surface area contributed by atoms with Crippen molar-refractivity contribution in [1.29, 1.82) is 5.26 Å². The fraction of sp³-hybridized carbons (Fsp3) is 0.235. The zero-order chi connectivity index (χ0) is 13.8. The van der Waals surface area contributed by atoms with E-state index in [1.807, 2.05) is 49.4 Å². The first-order valence-corrected chi connectivity index (χ1v) is 6.32. The summed E-state index contributed by atoms with van der Waals surface area (Å²) in [6, 6.07) is 15.8. The lowest BCUT2D eigenvalue weighted by atomic mass is 9.97. The van der Waals surface area contributed by atoms with Gasteiger partial charge in [0.25, 0.3) is 0 Å². The van der Waals surface area contributed by atoms with Gasteiger partial charge in [0.1, 0.15) is 6.17 Å². The zero-order valence-corrected chi connectivity index (χ0v) is 11.2. The molecule has 0 saturated carbocycles. The highest BCUT2D eigenvalue weighted by Crippen LogP contribution is 2.27. The Morgan fingerprint density at radius 3 is 2.26 bits per heavy atom. The number of hydrogen-bond acceptors (Lipinski definition) is 1. The van der Waals surface area contributed by atoms with E-state index in [1.54, 1.807) is 6.92 Å². The molecule has 0 aliphatic heterocycles. The second kappa shape index (κ2) is 5.67. The molecule has 96 valence electrons. The van der Waals surface area contributed by atoms with Crippen molar-refractivity contribution in [2.45, 2.75) is 26.4 Å². The van der Waals surface area contributed by atoms with Gasteiger partial charge in [-0.05, 0) is 41.7 Å². The quantitative estimate of drug-likeness (QED) is 0.773. The van der Waals surface area contributed by atoms with Crippen LogP contribution in [0.1, 0.15) is 29.8 Å². The lowest BCUT2D eigenvalue weighted by Gasteiger charge is -2.10. The molecule has 0 spiro atoms. The van der Waals surface area contributed by atoms with Crippen LogP contribution in [-0.4, -0.2) is 0 Å². The Balaban J connectivity index is 2.32. The number of aryl methyl sites for hydroxylation is 1. The highest BCUT2D eigenvalue weighted by molar-refractivity contribution is 5.65. The first kappa shape index (κ1) is 13.3. The van der Waals surface area contributed by atoms with E-state index in [1.165, 1.54) is 0 Å². The van der Waals surface area contributed by atoms with E-state index in [2.05, 4.69) is 6.07 Å². The molecule has 2 aromatic carbocycles. The molecule has 0 radical (unpaired) electrons. The largest absolute Gasteiger partial charge is 0.243 e. The molecule has 0 fully saturated rings. The standard InChI is InChI=1S/C17H16FN/c1-12-11-16(7-8-17(12)13(2)18)15-5-3-14(4-6-15)9-10-19/h3-8,11,13H,9H2,1-2H3. The Labute approximate surface area is 113 Å². The topological polar surface area (TPSA) is 23.8 Å². The number of hydrogen-bond donors (Lipinski definition) is 0. The van der Waals surface area contributed by atoms with E-state index < -0.39 is 6.17 Å². The maximum Gasteiger partial charge on any atom is 0.123 e. The maximum atomic E-state index is 13.3. The number of nitriles is 1. The fourth-order valence-corrected chi connectivity index (χ4v) is 2.21. The number of benzene rings is 2. The third-order valence-corrected chi connectivity index (χ3v) is 3.27. The van der Waals surface area contributed by atoms with Gasteiger partial charge in [-0.1, -0.05) is 42.5 Å². The molecule has 2 heteroatoms. The Kier molecular flexibility index (Phi) is 3.97. The second-order valence-corrected chi connectivity index (χ2v) is 4.72. The molecule has 1 atom stereocenters. The van der Waals surface area contributed by atoms with Gasteiger partial charge < -0.3 is 0 Å². The van der Waals surface area contributed by atoms with E-state index in [-0.39, 0.29) is 0 Å². The fourth-order valence-electron chi connectivity index (χ4n) is 2.21. The van der Waals surface area contributed by atoms with Crippen LogP contribution in [0.3, 0.4) is 0 Å². The highest BCUT2D eigenvalue weighted by Gasteiger charge is 2.07. The van der Waals surface area contributed by atoms with Crippen LogP contribution in [0.25, 0.3) is 11.1 Å². The summed E-state index contributed by atoms with van der Waals surface area (Å²) in [5.74, 6) is 0. The van der Waals surface area contributed by atoms with Gasteiger partial charge in [-0.3, -0.25) is 0 Å². The van der Waals surface area contributed by atoms with Crippen molar-refractivity contribution in [2.24, 2.45) is 0 Å². The Bertz CT molecular complexity index is 606. The number of nitrogens with zero attached hydrogens (tertiary/aromatic N) is 1. The first-order valence-electron chi connectivity index (χ1n) is 6.32. The third-order valence-electron chi connectivity index (χ3n) is 3.27. The molecule has 1 nitrogen and oxygen atoms in total. The summed E-state index contributed by atoms with van der Waals surface area (Å²) in [4.78, 5) is 0. The molecule has 0 saturated heterocycles. The van der Waals surface area contributed by atoms with Gasteiger partial charge >= 0.3 is 0 Å². The molecule has 0 aliphatic carbocycles. The monoisotopic (exact) mass is 253 g/mol. The van der Waals surface area contributed by atoms with Gasteiger partial charge in [0, 0.05) is 0 Å². The molecular weight excluding hydrogens is 237 g/mol. The summed E-state index contributed by atoms with van der Waals surface area (Å²) >= 11 is 0. The van der Waals surface area contributed by atoms with Crippen LogP contribution < -0.4 is 0 Å². The lowest BCUT2D eigenvalue weighted by molar-refractivity contribution is 0.373. The van der Waals surface area contributed by atoms with Crippen molar-refractivity contribution < 1.29 is 4.39 Å². The molecule has 0 bridgehead atoms. The van der Waals surface area contributed by atoms with Crippen LogP contribution in [0.15, 0.2) is 42.5 Å². The lowest BCUT2D eigenvalue weighted by Crippen LogP contribution is -1.91. The van der Waals surface area contributed by atoms with Gasteiger partial charge in [0.15, 0.2) is 0 Å². The van der Waals surface area contributed by atoms with Crippen molar-refractivity contribution in [3.8, 4) is 17.2 Å². The van der Waals surface area contributed by atoms with Gasteiger partial charge in [-0.15, -0.1) is 0 Å². The minimum atomic E-state index is -0.938. The van der Waals surface area contributed by atoms with Crippen molar-refractivity contribution in [3.63, 3.8) is 0 Å². The van der Waals surface area contributed by atoms with Gasteiger partial charge in [-0.2, -0.15) is 5.26 Å². The van der Waals surface area contributed by atoms with Crippen molar-refractivity contribution >= 4 is 0 Å². The predicted octanol–water partition coefficient (Wildman–Crippen LogP) is 4.76. The second-order valence-electron chi connectivity index (χ2n) is 4.72. The van der Waals surface area contributed by atoms with Crippen LogP contribution in [0.2, 0.25) is 0 Å². The Hall–Kier alpha value is -2.14. The first-order chi connectivity index (χ1) is 9.11. The molecular formula is C17H16FN. The molecule has 19 heavy (non-hydrogen) atoms. The third kappa shape index (κ3) is 3.00. The van der Waals surface area contributed by atoms with E-state index >= 15 is 0 Å². The average Bonchev–Trinajstić information content (AvgIpc) is 2.39. The summed E-state index contributed by atoms with van der Waals surface area (Å²) in [6.07, 6.45) is -0.510. The van der Waals surface area contributed by atoms with Crippen molar-refractivity contribution in [3.05, 3.63) is 59.2 Å². The minimum absolute atomic E-state index is 0.428. The van der Waals surface area contributed by atoms with E-state index in [0.717, 1.165) is 27.8 Å². The molecule has 0 aromatic heterocycles. The smallest absolute Gasteiger partial charge is 0.123 e. The number of rotatable bonds is 3. The average molecular weight is 253 g/mol. The maximum absolute atomic E-state index is 13.3. The van der Waals surface area contributed by atoms with Crippen LogP contribution in [0.5, 0.6) is 0 Å². The van der Waals surface area contributed by atoms with Gasteiger partial charge in [0.2, 0.25) is 0 Å². The van der Waals surface area contributed by atoms with E-state index in [9.17, 15) is 4.39 Å². The molecule has 2 rings (SSSR count). The van der Waals surface area contributed by atoms with Gasteiger partial charge in [-0.25, -0.2) is 4.39 Å². The summed E-state index contributed by atoms with van der Waals surface area (Å²) < 4.78 is 13.3. The Morgan fingerprint density at radius 2 is 1.74 bits per heavy atom. The minimum Gasteiger partial charge on any atom is -0.243 e. The van der Waals surface area contributed by atoms with Crippen LogP contribution in [-0.2, 0) is 6.42 Å². The zero-order valence-electron chi connectivity index (χ0n) is 11.2. The predicted molar refractivity (Wildman–Crippen MR) is 75.5 cm³/mol. The number of halogens is 1. The van der Waals surface area contributed by atoms with E-state index in [0.29, 0.717) is 6.42 Å². The summed E-state index contributed by atoms with van der Waals surface area (Å²) in [6.45, 7) is 3.48. The summed E-state index contributed by atoms with van der Waals surface area (Å²) in [5.41, 5.74) is 4.88. The molecule has 0 N–H and O–H groups in total. The number of alkyl halides is 1. The molecule has 0 heterocycles. The van der Waals surface area contributed by atoms with Crippen LogP contribution in [0, 0.1) is 18.3 Å². The molecule has 1 unspecified atom stereocenters. The molecule has 0 aliphatic rings. The van der Waals surface area contributed by atoms with Crippen LogP contribution in [0.4, 0.5) is 4.39 Å². The highest BCUT2D eigenvalue weighted by atomic mass is 19.1. The van der Waals surface area contributed by atoms with E-state index in [4.69, 9.17) is 5.26 Å². The Morgan fingerprint density at radius 1 is 1.11 bits per heavy atom.